The third-order valence-electron chi connectivity index (χ3n) is 5.65. The molecule has 4 aromatic rings. The van der Waals surface area contributed by atoms with Crippen LogP contribution in [0, 0.1) is 5.92 Å². The van der Waals surface area contributed by atoms with Gasteiger partial charge in [0.05, 0.1) is 5.97 Å². The number of carboxylic acid groups (broad SMARTS) is 2. The summed E-state index contributed by atoms with van der Waals surface area (Å²) in [5.74, 6) is -5.09. The van der Waals surface area contributed by atoms with Crippen molar-refractivity contribution < 1.29 is 24.9 Å². The molecule has 0 aliphatic carbocycles. The summed E-state index contributed by atoms with van der Waals surface area (Å²) < 4.78 is 3.08. The SMILES string of the molecule is O=C([O-])C(Cc1ccccc1)C(O)(Cc1ccccc1)C(=O)[O-].c1cc[c]([Sn+2][c]2ccccc2)cc1. The van der Waals surface area contributed by atoms with Gasteiger partial charge in [0, 0.05) is 18.3 Å². The molecule has 36 heavy (non-hydrogen) atoms. The molecule has 180 valence electrons. The van der Waals surface area contributed by atoms with Crippen molar-refractivity contribution in [2.24, 2.45) is 5.92 Å². The first-order valence-corrected chi connectivity index (χ1v) is 14.3. The molecule has 0 fully saturated rings. The average Bonchev–Trinajstić information content (AvgIpc) is 2.90. The number of aliphatic carboxylic acids is 2. The van der Waals surface area contributed by atoms with Crippen LogP contribution < -0.4 is 17.4 Å². The summed E-state index contributed by atoms with van der Waals surface area (Å²) in [7, 11) is 0. The average molecular weight is 585 g/mol. The molecule has 0 spiro atoms. The van der Waals surface area contributed by atoms with Gasteiger partial charge in [0.2, 0.25) is 0 Å². The summed E-state index contributed by atoms with van der Waals surface area (Å²) >= 11 is -0.517. The summed E-state index contributed by atoms with van der Waals surface area (Å²) in [6.07, 6.45) is -0.540. The number of hydrogen-bond donors (Lipinski definition) is 1. The van der Waals surface area contributed by atoms with Gasteiger partial charge in [-0.05, 0) is 17.5 Å². The van der Waals surface area contributed by atoms with E-state index in [2.05, 4.69) is 60.7 Å². The zero-order chi connectivity index (χ0) is 25.8. The number of carbonyl (C=O) groups is 2. The molecular formula is C30H26O5Sn. The van der Waals surface area contributed by atoms with Gasteiger partial charge in [-0.2, -0.15) is 0 Å². The molecule has 0 amide bonds. The third kappa shape index (κ3) is 8.07. The molecular weight excluding hydrogens is 559 g/mol. The van der Waals surface area contributed by atoms with Crippen LogP contribution in [0.1, 0.15) is 11.1 Å². The topological polar surface area (TPSA) is 100 Å². The van der Waals surface area contributed by atoms with E-state index in [0.717, 1.165) is 0 Å². The van der Waals surface area contributed by atoms with E-state index < -0.39 is 44.6 Å². The van der Waals surface area contributed by atoms with Crippen LogP contribution in [0.25, 0.3) is 0 Å². The minimum atomic E-state index is -2.56. The van der Waals surface area contributed by atoms with Gasteiger partial charge in [0.25, 0.3) is 0 Å². The molecule has 0 radical (unpaired) electrons. The summed E-state index contributed by atoms with van der Waals surface area (Å²) in [4.78, 5) is 23.0. The van der Waals surface area contributed by atoms with Crippen molar-refractivity contribution in [3.05, 3.63) is 132 Å². The maximum atomic E-state index is 11.5. The number of hydrogen-bond acceptors (Lipinski definition) is 5. The van der Waals surface area contributed by atoms with Crippen molar-refractivity contribution >= 4 is 40.2 Å². The van der Waals surface area contributed by atoms with Gasteiger partial charge in [-0.25, -0.2) is 0 Å². The Kier molecular flexibility index (Phi) is 10.3. The Bertz CT molecular complexity index is 1180. The molecule has 0 aliphatic heterocycles. The van der Waals surface area contributed by atoms with Crippen LogP contribution in [0.15, 0.2) is 121 Å². The molecule has 2 unspecified atom stereocenters. The van der Waals surface area contributed by atoms with Gasteiger partial charge >= 0.3 is 89.0 Å². The number of rotatable bonds is 9. The minimum absolute atomic E-state index is 0.166. The fourth-order valence-electron chi connectivity index (χ4n) is 3.75. The summed E-state index contributed by atoms with van der Waals surface area (Å²) in [5, 5.41) is 33.5. The first kappa shape index (κ1) is 27.2. The van der Waals surface area contributed by atoms with E-state index in [1.165, 1.54) is 7.16 Å². The van der Waals surface area contributed by atoms with E-state index in [0.29, 0.717) is 11.1 Å². The van der Waals surface area contributed by atoms with E-state index in [4.69, 9.17) is 0 Å². The normalized spacial score (nSPS) is 12.7. The molecule has 2 atom stereocenters. The predicted molar refractivity (Wildman–Crippen MR) is 137 cm³/mol. The van der Waals surface area contributed by atoms with Crippen molar-refractivity contribution in [1.29, 1.82) is 0 Å². The fourth-order valence-corrected chi connectivity index (χ4v) is 6.75. The van der Waals surface area contributed by atoms with Gasteiger partial charge < -0.3 is 24.9 Å². The molecule has 1 N–H and O–H groups in total. The zero-order valence-corrected chi connectivity index (χ0v) is 22.5. The second-order valence-electron chi connectivity index (χ2n) is 8.29. The quantitative estimate of drug-likeness (QED) is 0.291. The van der Waals surface area contributed by atoms with E-state index in [1.54, 1.807) is 60.7 Å². The van der Waals surface area contributed by atoms with Crippen LogP contribution >= 0.6 is 0 Å². The number of aliphatic hydroxyl groups is 1. The third-order valence-corrected chi connectivity index (χ3v) is 9.20. The van der Waals surface area contributed by atoms with Gasteiger partial charge in [0.1, 0.15) is 5.60 Å². The Hall–Kier alpha value is -3.42. The van der Waals surface area contributed by atoms with Crippen molar-refractivity contribution in [3.63, 3.8) is 0 Å². The zero-order valence-electron chi connectivity index (χ0n) is 19.6. The van der Waals surface area contributed by atoms with Gasteiger partial charge in [-0.15, -0.1) is 0 Å². The summed E-state index contributed by atoms with van der Waals surface area (Å²) in [6.45, 7) is 0. The summed E-state index contributed by atoms with van der Waals surface area (Å²) in [6, 6.07) is 38.4. The van der Waals surface area contributed by atoms with E-state index in [9.17, 15) is 24.9 Å². The molecule has 0 aliphatic rings. The van der Waals surface area contributed by atoms with Gasteiger partial charge in [0.15, 0.2) is 0 Å². The van der Waals surface area contributed by atoms with Gasteiger partial charge in [-0.3, -0.25) is 0 Å². The molecule has 0 aromatic heterocycles. The second kappa shape index (κ2) is 13.6. The van der Waals surface area contributed by atoms with Crippen LogP contribution in [0.5, 0.6) is 0 Å². The number of carboxylic acids is 2. The summed E-state index contributed by atoms with van der Waals surface area (Å²) in [5.41, 5.74) is -1.47. The van der Waals surface area contributed by atoms with Crippen molar-refractivity contribution in [1.82, 2.24) is 0 Å². The van der Waals surface area contributed by atoms with Crippen molar-refractivity contribution in [3.8, 4) is 0 Å². The molecule has 0 saturated carbocycles. The van der Waals surface area contributed by atoms with E-state index >= 15 is 0 Å². The van der Waals surface area contributed by atoms with Gasteiger partial charge in [-0.1, -0.05) is 60.7 Å². The number of carbonyl (C=O) groups excluding carboxylic acids is 2. The molecule has 5 nitrogen and oxygen atoms in total. The van der Waals surface area contributed by atoms with E-state index in [1.807, 2.05) is 0 Å². The van der Waals surface area contributed by atoms with Crippen LogP contribution in [0.3, 0.4) is 0 Å². The monoisotopic (exact) mass is 586 g/mol. The Balaban J connectivity index is 0.000000233. The first-order chi connectivity index (χ1) is 17.4. The second-order valence-corrected chi connectivity index (χ2v) is 12.3. The van der Waals surface area contributed by atoms with E-state index in [-0.39, 0.29) is 12.8 Å². The Labute approximate surface area is 221 Å². The first-order valence-electron chi connectivity index (χ1n) is 11.5. The fraction of sp³-hybridized carbons (Fsp3) is 0.133. The predicted octanol–water partition coefficient (Wildman–Crippen LogP) is 0.661. The molecule has 6 heteroatoms. The van der Waals surface area contributed by atoms with Crippen LogP contribution in [0.2, 0.25) is 0 Å². The Morgan fingerprint density at radius 1 is 0.667 bits per heavy atom. The maximum absolute atomic E-state index is 11.5. The Morgan fingerprint density at radius 3 is 1.44 bits per heavy atom. The molecule has 4 rings (SSSR count). The van der Waals surface area contributed by atoms with Crippen LogP contribution in [-0.4, -0.2) is 43.8 Å². The number of benzene rings is 4. The molecule has 4 aromatic carbocycles. The molecule has 0 saturated heterocycles. The van der Waals surface area contributed by atoms with Crippen LogP contribution in [0.4, 0.5) is 0 Å². The molecule has 0 heterocycles. The standard InChI is InChI=1S/C18H18O5.2C6H5.Sn/c19-16(20)15(11-13-7-3-1-4-8-13)18(23,17(21)22)12-14-9-5-2-6-10-14;2*1-2-4-6-5-3-1;/h1-10,15,23H,11-12H2,(H,19,20)(H,21,22);2*1-5H;/q;;;+2/p-2. The molecule has 0 bridgehead atoms. The van der Waals surface area contributed by atoms with Crippen LogP contribution in [-0.2, 0) is 22.4 Å². The van der Waals surface area contributed by atoms with Crippen molar-refractivity contribution in [2.45, 2.75) is 18.4 Å². The Morgan fingerprint density at radius 2 is 1.06 bits per heavy atom. The van der Waals surface area contributed by atoms with Crippen molar-refractivity contribution in [2.75, 3.05) is 0 Å².